The molecule has 1 aliphatic heterocycles. The summed E-state index contributed by atoms with van der Waals surface area (Å²) in [7, 11) is 0. The minimum absolute atomic E-state index is 0.351. The largest absolute Gasteiger partial charge is 0.506 e. The summed E-state index contributed by atoms with van der Waals surface area (Å²) < 4.78 is 6.04. The number of hydrogen-bond acceptors (Lipinski definition) is 3. The lowest BCUT2D eigenvalue weighted by Crippen LogP contribution is -2.35. The lowest BCUT2D eigenvalue weighted by Gasteiger charge is -2.26. The minimum atomic E-state index is 0.351. The number of hydrogen-bond donors (Lipinski definition) is 1. The molecule has 2 rings (SSSR count). The zero-order valence-electron chi connectivity index (χ0n) is 8.45. The van der Waals surface area contributed by atoms with E-state index in [9.17, 15) is 5.11 Å². The van der Waals surface area contributed by atoms with Crippen LogP contribution in [0.2, 0.25) is 0 Å². The van der Waals surface area contributed by atoms with E-state index < -0.39 is 0 Å². The second kappa shape index (κ2) is 4.96. The first-order valence-electron chi connectivity index (χ1n) is 5.04. The van der Waals surface area contributed by atoms with Gasteiger partial charge >= 0.3 is 0 Å². The Balaban J connectivity index is 2.06. The van der Waals surface area contributed by atoms with Crippen molar-refractivity contribution in [1.29, 1.82) is 0 Å². The molecule has 0 atom stereocenters. The van der Waals surface area contributed by atoms with Gasteiger partial charge in [-0.05, 0) is 22.0 Å². The van der Waals surface area contributed by atoms with Crippen molar-refractivity contribution in [2.24, 2.45) is 0 Å². The molecule has 1 heterocycles. The molecule has 1 N–H and O–H groups in total. The van der Waals surface area contributed by atoms with E-state index in [-0.39, 0.29) is 0 Å². The number of halogens is 1. The van der Waals surface area contributed by atoms with Crippen molar-refractivity contribution in [1.82, 2.24) is 4.90 Å². The van der Waals surface area contributed by atoms with Crippen molar-refractivity contribution in [3.63, 3.8) is 0 Å². The molecule has 1 fully saturated rings. The van der Waals surface area contributed by atoms with Crippen LogP contribution in [0.4, 0.5) is 0 Å². The Bertz CT molecular complexity index is 337. The highest BCUT2D eigenvalue weighted by molar-refractivity contribution is 9.10. The van der Waals surface area contributed by atoms with E-state index in [2.05, 4.69) is 20.8 Å². The van der Waals surface area contributed by atoms with Gasteiger partial charge in [-0.2, -0.15) is 0 Å². The minimum Gasteiger partial charge on any atom is -0.506 e. The Kier molecular flexibility index (Phi) is 3.61. The van der Waals surface area contributed by atoms with E-state index in [1.807, 2.05) is 18.2 Å². The van der Waals surface area contributed by atoms with Crippen molar-refractivity contribution in [3.8, 4) is 5.75 Å². The molecule has 1 aromatic carbocycles. The van der Waals surface area contributed by atoms with Crippen LogP contribution in [0.3, 0.4) is 0 Å². The van der Waals surface area contributed by atoms with E-state index in [4.69, 9.17) is 4.74 Å². The Hall–Kier alpha value is -0.580. The first-order chi connectivity index (χ1) is 7.27. The van der Waals surface area contributed by atoms with Crippen LogP contribution >= 0.6 is 15.9 Å². The van der Waals surface area contributed by atoms with Crippen LogP contribution in [0, 0.1) is 0 Å². The van der Waals surface area contributed by atoms with Crippen molar-refractivity contribution in [3.05, 3.63) is 28.2 Å². The fourth-order valence-corrected chi connectivity index (χ4v) is 2.10. The molecule has 0 aliphatic carbocycles. The molecule has 0 radical (unpaired) electrons. The van der Waals surface area contributed by atoms with Crippen molar-refractivity contribution < 1.29 is 9.84 Å². The number of phenols is 1. The summed E-state index contributed by atoms with van der Waals surface area (Å²) in [6.45, 7) is 4.23. The van der Waals surface area contributed by atoms with Gasteiger partial charge in [-0.3, -0.25) is 4.90 Å². The van der Waals surface area contributed by atoms with Gasteiger partial charge in [0.1, 0.15) is 5.75 Å². The quantitative estimate of drug-likeness (QED) is 0.893. The van der Waals surface area contributed by atoms with Crippen LogP contribution in [0.5, 0.6) is 5.75 Å². The summed E-state index contributed by atoms with van der Waals surface area (Å²) in [5.41, 5.74) is 0.964. The van der Waals surface area contributed by atoms with Crippen LogP contribution in [-0.2, 0) is 11.3 Å². The Labute approximate surface area is 97.8 Å². The van der Waals surface area contributed by atoms with Gasteiger partial charge in [0.15, 0.2) is 0 Å². The maximum absolute atomic E-state index is 9.82. The van der Waals surface area contributed by atoms with Gasteiger partial charge in [-0.25, -0.2) is 0 Å². The normalized spacial score (nSPS) is 17.9. The average Bonchev–Trinajstić information content (AvgIpc) is 2.26. The summed E-state index contributed by atoms with van der Waals surface area (Å²) in [5, 5.41) is 9.82. The number of benzene rings is 1. The molecule has 1 saturated heterocycles. The van der Waals surface area contributed by atoms with Crippen molar-refractivity contribution in [2.75, 3.05) is 26.3 Å². The summed E-state index contributed by atoms with van der Waals surface area (Å²) >= 11 is 3.32. The number of rotatable bonds is 2. The van der Waals surface area contributed by atoms with E-state index in [0.717, 1.165) is 42.9 Å². The van der Waals surface area contributed by atoms with E-state index in [0.29, 0.717) is 5.75 Å². The lowest BCUT2D eigenvalue weighted by molar-refractivity contribution is 0.0339. The Morgan fingerprint density at radius 1 is 1.33 bits per heavy atom. The smallest absolute Gasteiger partial charge is 0.134 e. The van der Waals surface area contributed by atoms with Crippen LogP contribution < -0.4 is 0 Å². The number of para-hydroxylation sites is 1. The monoisotopic (exact) mass is 271 g/mol. The van der Waals surface area contributed by atoms with Gasteiger partial charge in [0.05, 0.1) is 17.7 Å². The molecule has 0 saturated carbocycles. The maximum Gasteiger partial charge on any atom is 0.134 e. The highest BCUT2D eigenvalue weighted by atomic mass is 79.9. The highest BCUT2D eigenvalue weighted by Crippen LogP contribution is 2.28. The lowest BCUT2D eigenvalue weighted by atomic mass is 10.2. The zero-order valence-corrected chi connectivity index (χ0v) is 10.0. The number of phenolic OH excluding ortho intramolecular Hbond substituents is 1. The summed E-state index contributed by atoms with van der Waals surface area (Å²) in [6.07, 6.45) is 0. The number of nitrogens with zero attached hydrogens (tertiary/aromatic N) is 1. The van der Waals surface area contributed by atoms with Crippen LogP contribution in [0.15, 0.2) is 22.7 Å². The molecule has 0 unspecified atom stereocenters. The van der Waals surface area contributed by atoms with Gasteiger partial charge in [0.2, 0.25) is 0 Å². The maximum atomic E-state index is 9.82. The molecule has 0 aromatic heterocycles. The molecule has 0 bridgehead atoms. The molecular weight excluding hydrogens is 258 g/mol. The topological polar surface area (TPSA) is 32.7 Å². The number of aromatic hydroxyl groups is 1. The summed E-state index contributed by atoms with van der Waals surface area (Å²) in [5.74, 6) is 0.351. The fourth-order valence-electron chi connectivity index (χ4n) is 1.69. The first kappa shape index (κ1) is 10.9. The molecular formula is C11H14BrNO2. The zero-order chi connectivity index (χ0) is 10.7. The third-order valence-electron chi connectivity index (χ3n) is 2.57. The summed E-state index contributed by atoms with van der Waals surface area (Å²) in [4.78, 5) is 2.28. The molecule has 0 amide bonds. The van der Waals surface area contributed by atoms with Gasteiger partial charge < -0.3 is 9.84 Å². The Morgan fingerprint density at radius 3 is 2.80 bits per heavy atom. The van der Waals surface area contributed by atoms with E-state index in [1.165, 1.54) is 0 Å². The predicted octanol–water partition coefficient (Wildman–Crippen LogP) is 1.99. The standard InChI is InChI=1S/C11H14BrNO2/c12-10-3-1-2-9(11(10)14)8-13-4-6-15-7-5-13/h1-3,14H,4-8H2. The molecule has 82 valence electrons. The molecule has 3 nitrogen and oxygen atoms in total. The Morgan fingerprint density at radius 2 is 2.07 bits per heavy atom. The van der Waals surface area contributed by atoms with E-state index >= 15 is 0 Å². The molecule has 0 spiro atoms. The van der Waals surface area contributed by atoms with E-state index in [1.54, 1.807) is 0 Å². The fraction of sp³-hybridized carbons (Fsp3) is 0.455. The van der Waals surface area contributed by atoms with Gasteiger partial charge in [0.25, 0.3) is 0 Å². The second-order valence-electron chi connectivity index (χ2n) is 3.64. The third kappa shape index (κ3) is 2.71. The number of morpholine rings is 1. The third-order valence-corrected chi connectivity index (χ3v) is 3.21. The van der Waals surface area contributed by atoms with Crippen molar-refractivity contribution in [2.45, 2.75) is 6.54 Å². The first-order valence-corrected chi connectivity index (χ1v) is 5.83. The average molecular weight is 272 g/mol. The van der Waals surface area contributed by atoms with Crippen molar-refractivity contribution >= 4 is 15.9 Å². The molecule has 4 heteroatoms. The molecule has 15 heavy (non-hydrogen) atoms. The predicted molar refractivity (Wildman–Crippen MR) is 61.9 cm³/mol. The molecule has 1 aromatic rings. The van der Waals surface area contributed by atoms with Gasteiger partial charge in [-0.1, -0.05) is 12.1 Å². The van der Waals surface area contributed by atoms with Crippen LogP contribution in [-0.4, -0.2) is 36.3 Å². The highest BCUT2D eigenvalue weighted by Gasteiger charge is 2.13. The number of ether oxygens (including phenoxy) is 1. The van der Waals surface area contributed by atoms with Crippen LogP contribution in [0.25, 0.3) is 0 Å². The van der Waals surface area contributed by atoms with Gasteiger partial charge in [0, 0.05) is 25.2 Å². The second-order valence-corrected chi connectivity index (χ2v) is 4.49. The SMILES string of the molecule is Oc1c(Br)cccc1CN1CCOCC1. The van der Waals surface area contributed by atoms with Gasteiger partial charge in [-0.15, -0.1) is 0 Å². The van der Waals surface area contributed by atoms with Crippen LogP contribution in [0.1, 0.15) is 5.56 Å². The summed E-state index contributed by atoms with van der Waals surface area (Å²) in [6, 6.07) is 5.74. The molecule has 1 aliphatic rings.